The standard InChI is InChI=1S/C25H23NO7/c1-31-15-10-8-14(9-11-15)25-17(19-21(33-25)20(27)22(32-2)23(28)26-19)12-16(24(29)30)18(25)13-6-4-3-5-7-13/h3-11,16-18H,12H2,1-2H3,(H,29,30)(H2,26,27,28). The maximum atomic E-state index is 12.6. The molecular weight excluding hydrogens is 426 g/mol. The van der Waals surface area contributed by atoms with Crippen molar-refractivity contribution in [3.63, 3.8) is 0 Å². The van der Waals surface area contributed by atoms with Crippen LogP contribution >= 0.6 is 0 Å². The van der Waals surface area contributed by atoms with Crippen molar-refractivity contribution < 1.29 is 29.2 Å². The summed E-state index contributed by atoms with van der Waals surface area (Å²) in [7, 11) is 2.86. The molecule has 3 aromatic rings. The fraction of sp³-hybridized carbons (Fsp3) is 0.280. The van der Waals surface area contributed by atoms with E-state index in [2.05, 4.69) is 4.98 Å². The third-order valence-corrected chi connectivity index (χ3v) is 6.84. The zero-order valence-corrected chi connectivity index (χ0v) is 18.1. The van der Waals surface area contributed by atoms with Crippen LogP contribution in [0.5, 0.6) is 23.0 Å². The Hall–Kier alpha value is -3.94. The number of rotatable bonds is 5. The zero-order valence-electron chi connectivity index (χ0n) is 18.1. The first-order chi connectivity index (χ1) is 15.9. The molecule has 2 aromatic carbocycles. The summed E-state index contributed by atoms with van der Waals surface area (Å²) >= 11 is 0. The molecule has 0 amide bonds. The van der Waals surface area contributed by atoms with E-state index in [9.17, 15) is 19.8 Å². The van der Waals surface area contributed by atoms with Crippen LogP contribution < -0.4 is 19.8 Å². The van der Waals surface area contributed by atoms with Gasteiger partial charge in [0, 0.05) is 11.8 Å². The lowest BCUT2D eigenvalue weighted by molar-refractivity contribution is -0.142. The minimum absolute atomic E-state index is 0.108. The van der Waals surface area contributed by atoms with E-state index in [1.807, 2.05) is 42.5 Å². The zero-order chi connectivity index (χ0) is 23.3. The van der Waals surface area contributed by atoms with E-state index >= 15 is 0 Å². The number of carboxylic acids is 1. The van der Waals surface area contributed by atoms with Crippen LogP contribution in [0.4, 0.5) is 0 Å². The maximum absolute atomic E-state index is 12.6. The highest BCUT2D eigenvalue weighted by molar-refractivity contribution is 5.74. The topological polar surface area (TPSA) is 118 Å². The van der Waals surface area contributed by atoms with Gasteiger partial charge in [-0.2, -0.15) is 0 Å². The van der Waals surface area contributed by atoms with E-state index in [0.29, 0.717) is 11.4 Å². The molecule has 5 rings (SSSR count). The summed E-state index contributed by atoms with van der Waals surface area (Å²) in [4.78, 5) is 27.8. The summed E-state index contributed by atoms with van der Waals surface area (Å²) in [5.74, 6) is -2.72. The maximum Gasteiger partial charge on any atom is 0.307 e. The van der Waals surface area contributed by atoms with Crippen molar-refractivity contribution in [2.45, 2.75) is 23.9 Å². The highest BCUT2D eigenvalue weighted by Gasteiger charge is 2.65. The number of carboxylic acid groups (broad SMARTS) is 1. The fourth-order valence-corrected chi connectivity index (χ4v) is 5.50. The number of hydrogen-bond donors (Lipinski definition) is 3. The van der Waals surface area contributed by atoms with Crippen LogP contribution in [0.3, 0.4) is 0 Å². The van der Waals surface area contributed by atoms with Gasteiger partial charge >= 0.3 is 5.97 Å². The molecule has 33 heavy (non-hydrogen) atoms. The number of H-pyrrole nitrogens is 1. The van der Waals surface area contributed by atoms with Crippen LogP contribution in [0.2, 0.25) is 0 Å². The second-order valence-corrected chi connectivity index (χ2v) is 8.32. The van der Waals surface area contributed by atoms with Crippen molar-refractivity contribution in [1.29, 1.82) is 0 Å². The molecule has 8 nitrogen and oxygen atoms in total. The van der Waals surface area contributed by atoms with Crippen LogP contribution in [0.1, 0.15) is 35.1 Å². The van der Waals surface area contributed by atoms with Gasteiger partial charge in [-0.3, -0.25) is 9.59 Å². The molecule has 3 N–H and O–H groups in total. The van der Waals surface area contributed by atoms with Crippen molar-refractivity contribution >= 4 is 5.97 Å². The quantitative estimate of drug-likeness (QED) is 0.547. The number of carbonyl (C=O) groups is 1. The molecule has 1 aliphatic carbocycles. The number of hydrogen-bond acceptors (Lipinski definition) is 6. The Bertz CT molecular complexity index is 1270. The molecule has 2 heterocycles. The third kappa shape index (κ3) is 2.90. The van der Waals surface area contributed by atoms with E-state index < -0.39 is 40.6 Å². The van der Waals surface area contributed by atoms with Gasteiger partial charge in [-0.05, 0) is 29.7 Å². The minimum atomic E-state index is -1.17. The number of methoxy groups -OCH3 is 2. The second-order valence-electron chi connectivity index (χ2n) is 8.32. The largest absolute Gasteiger partial charge is 0.502 e. The van der Waals surface area contributed by atoms with Gasteiger partial charge in [0.1, 0.15) is 5.75 Å². The minimum Gasteiger partial charge on any atom is -0.502 e. The van der Waals surface area contributed by atoms with Crippen molar-refractivity contribution in [2.75, 3.05) is 14.2 Å². The summed E-state index contributed by atoms with van der Waals surface area (Å²) in [6, 6.07) is 16.6. The van der Waals surface area contributed by atoms with E-state index in [1.165, 1.54) is 7.11 Å². The Kier molecular flexibility index (Phi) is 4.81. The summed E-state index contributed by atoms with van der Waals surface area (Å²) in [5.41, 5.74) is 0.120. The Balaban J connectivity index is 1.80. The SMILES string of the molecule is COc1ccc(C23Oc4c([nH]c(=O)c(OC)c4O)C2CC(C(=O)O)C3c2ccccc2)cc1. The molecule has 0 spiro atoms. The monoisotopic (exact) mass is 449 g/mol. The number of fused-ring (bicyclic) bond motifs is 3. The van der Waals surface area contributed by atoms with E-state index in [0.717, 1.165) is 11.1 Å². The van der Waals surface area contributed by atoms with E-state index in [1.54, 1.807) is 19.2 Å². The van der Waals surface area contributed by atoms with Crippen LogP contribution in [-0.2, 0) is 10.4 Å². The first-order valence-electron chi connectivity index (χ1n) is 10.6. The number of aromatic nitrogens is 1. The van der Waals surface area contributed by atoms with Crippen molar-refractivity contribution in [3.05, 3.63) is 81.8 Å². The van der Waals surface area contributed by atoms with Gasteiger partial charge < -0.3 is 29.4 Å². The van der Waals surface area contributed by atoms with Gasteiger partial charge in [0.05, 0.1) is 25.8 Å². The van der Waals surface area contributed by atoms with Gasteiger partial charge in [-0.25, -0.2) is 0 Å². The number of pyridine rings is 1. The molecule has 0 radical (unpaired) electrons. The summed E-state index contributed by atoms with van der Waals surface area (Å²) in [6.07, 6.45) is 0.218. The molecule has 1 fully saturated rings. The highest BCUT2D eigenvalue weighted by atomic mass is 16.5. The lowest BCUT2D eigenvalue weighted by Crippen LogP contribution is -2.39. The molecule has 8 heteroatoms. The molecule has 1 aromatic heterocycles. The average molecular weight is 449 g/mol. The van der Waals surface area contributed by atoms with Gasteiger partial charge in [-0.1, -0.05) is 42.5 Å². The van der Waals surface area contributed by atoms with Crippen LogP contribution in [0, 0.1) is 5.92 Å². The molecule has 2 aliphatic rings. The lowest BCUT2D eigenvalue weighted by atomic mass is 9.73. The first-order valence-corrected chi connectivity index (χ1v) is 10.6. The molecule has 1 aliphatic heterocycles. The van der Waals surface area contributed by atoms with Gasteiger partial charge in [0.2, 0.25) is 11.5 Å². The van der Waals surface area contributed by atoms with Crippen LogP contribution in [0.15, 0.2) is 59.4 Å². The Morgan fingerprint density at radius 1 is 1.09 bits per heavy atom. The number of benzene rings is 2. The van der Waals surface area contributed by atoms with Crippen molar-refractivity contribution in [2.24, 2.45) is 5.92 Å². The number of ether oxygens (including phenoxy) is 3. The van der Waals surface area contributed by atoms with Gasteiger partial charge in [0.15, 0.2) is 11.4 Å². The molecule has 4 unspecified atom stereocenters. The van der Waals surface area contributed by atoms with Crippen molar-refractivity contribution in [3.8, 4) is 23.0 Å². The smallest absolute Gasteiger partial charge is 0.307 e. The Labute approximate surface area is 189 Å². The number of aromatic hydroxyl groups is 1. The van der Waals surface area contributed by atoms with E-state index in [-0.39, 0.29) is 17.9 Å². The summed E-state index contributed by atoms with van der Waals surface area (Å²) in [6.45, 7) is 0. The van der Waals surface area contributed by atoms with Gasteiger partial charge in [-0.15, -0.1) is 0 Å². The summed E-state index contributed by atoms with van der Waals surface area (Å²) < 4.78 is 16.9. The summed E-state index contributed by atoms with van der Waals surface area (Å²) in [5, 5.41) is 21.0. The Morgan fingerprint density at radius 2 is 1.79 bits per heavy atom. The molecule has 0 bridgehead atoms. The molecule has 170 valence electrons. The molecule has 4 atom stereocenters. The number of aliphatic carboxylic acids is 1. The lowest BCUT2D eigenvalue weighted by Gasteiger charge is -2.37. The third-order valence-electron chi connectivity index (χ3n) is 6.84. The first kappa shape index (κ1) is 20.9. The number of nitrogens with one attached hydrogen (secondary N) is 1. The van der Waals surface area contributed by atoms with E-state index in [4.69, 9.17) is 14.2 Å². The van der Waals surface area contributed by atoms with Crippen LogP contribution in [0.25, 0.3) is 0 Å². The van der Waals surface area contributed by atoms with Gasteiger partial charge in [0.25, 0.3) is 5.56 Å². The van der Waals surface area contributed by atoms with Crippen molar-refractivity contribution in [1.82, 2.24) is 4.98 Å². The fourth-order valence-electron chi connectivity index (χ4n) is 5.50. The molecule has 1 saturated carbocycles. The Morgan fingerprint density at radius 3 is 2.39 bits per heavy atom. The second kappa shape index (κ2) is 7.58. The predicted molar refractivity (Wildman–Crippen MR) is 118 cm³/mol. The normalized spacial score (nSPS) is 25.1. The average Bonchev–Trinajstić information content (AvgIpc) is 3.33. The molecular formula is C25H23NO7. The number of aromatic amines is 1. The molecule has 0 saturated heterocycles. The highest BCUT2D eigenvalue weighted by Crippen LogP contribution is 2.67. The van der Waals surface area contributed by atoms with Crippen LogP contribution in [-0.4, -0.2) is 35.4 Å². The predicted octanol–water partition coefficient (Wildman–Crippen LogP) is 3.36.